The summed E-state index contributed by atoms with van der Waals surface area (Å²) in [4.78, 5) is 0. The van der Waals surface area contributed by atoms with Gasteiger partial charge in [-0.05, 0) is 57.9 Å². The number of halogens is 2. The van der Waals surface area contributed by atoms with Crippen LogP contribution in [0.4, 0.5) is 0 Å². The van der Waals surface area contributed by atoms with Crippen molar-refractivity contribution in [1.82, 2.24) is 0 Å². The minimum atomic E-state index is 1.07. The van der Waals surface area contributed by atoms with E-state index < -0.39 is 0 Å². The van der Waals surface area contributed by atoms with Gasteiger partial charge < -0.3 is 0 Å². The summed E-state index contributed by atoms with van der Waals surface area (Å²) in [5.41, 5.74) is 0. The average molecular weight is 334 g/mol. The Labute approximate surface area is 111 Å². The second-order valence-corrected chi connectivity index (χ2v) is 5.46. The first-order valence-corrected chi connectivity index (χ1v) is 6.44. The Morgan fingerprint density at radius 2 is 1.12 bits per heavy atom. The minimum absolute atomic E-state index is 1.07. The Morgan fingerprint density at radius 1 is 0.688 bits per heavy atom. The molecule has 3 aromatic rings. The van der Waals surface area contributed by atoms with E-state index >= 15 is 0 Å². The summed E-state index contributed by atoms with van der Waals surface area (Å²) in [7, 11) is 0. The summed E-state index contributed by atoms with van der Waals surface area (Å²) < 4.78 is 2.14. The van der Waals surface area contributed by atoms with Crippen molar-refractivity contribution >= 4 is 53.4 Å². The molecule has 3 rings (SSSR count). The first-order chi connectivity index (χ1) is 7.74. The van der Waals surface area contributed by atoms with Gasteiger partial charge >= 0.3 is 0 Å². The predicted octanol–water partition coefficient (Wildman–Crippen LogP) is 5.12. The van der Waals surface area contributed by atoms with E-state index in [0.29, 0.717) is 0 Å². The standard InChI is InChI=1S/C14H6Br2/c15-11-3-5-13-9(7-11)1-2-10-8-12(16)4-6-14(10)13/h3-8H. The average Bonchev–Trinajstić information content (AvgIpc) is 2.28. The van der Waals surface area contributed by atoms with Crippen molar-refractivity contribution in [3.63, 3.8) is 0 Å². The van der Waals surface area contributed by atoms with Crippen LogP contribution in [0, 0.1) is 12.1 Å². The summed E-state index contributed by atoms with van der Waals surface area (Å²) in [5.74, 6) is 0. The Balaban J connectivity index is 2.50. The molecule has 0 nitrogen and oxygen atoms in total. The fourth-order valence-electron chi connectivity index (χ4n) is 1.84. The highest BCUT2D eigenvalue weighted by atomic mass is 79.9. The lowest BCUT2D eigenvalue weighted by atomic mass is 10.0. The minimum Gasteiger partial charge on any atom is -0.0526 e. The molecule has 0 unspecified atom stereocenters. The van der Waals surface area contributed by atoms with E-state index in [1.54, 1.807) is 0 Å². The lowest BCUT2D eigenvalue weighted by Gasteiger charge is -2.04. The van der Waals surface area contributed by atoms with E-state index in [0.717, 1.165) is 19.7 Å². The molecule has 0 aliphatic carbocycles. The van der Waals surface area contributed by atoms with E-state index in [9.17, 15) is 0 Å². The molecule has 2 radical (unpaired) electrons. The molecule has 0 saturated carbocycles. The molecule has 3 aromatic carbocycles. The van der Waals surface area contributed by atoms with Gasteiger partial charge in [-0.25, -0.2) is 0 Å². The normalized spacial score (nSPS) is 11.1. The van der Waals surface area contributed by atoms with Crippen LogP contribution in [0.5, 0.6) is 0 Å². The zero-order valence-electron chi connectivity index (χ0n) is 8.22. The highest BCUT2D eigenvalue weighted by molar-refractivity contribution is 9.10. The van der Waals surface area contributed by atoms with E-state index in [1.807, 2.05) is 0 Å². The Hall–Kier alpha value is -0.860. The van der Waals surface area contributed by atoms with Crippen LogP contribution in [0.2, 0.25) is 0 Å². The van der Waals surface area contributed by atoms with Crippen LogP contribution in [-0.2, 0) is 0 Å². The van der Waals surface area contributed by atoms with Crippen molar-refractivity contribution in [2.75, 3.05) is 0 Å². The zero-order valence-corrected chi connectivity index (χ0v) is 11.4. The number of benzene rings is 3. The third kappa shape index (κ3) is 1.66. The van der Waals surface area contributed by atoms with Gasteiger partial charge in [0.25, 0.3) is 0 Å². The molecular weight excluding hydrogens is 328 g/mol. The van der Waals surface area contributed by atoms with Crippen LogP contribution in [-0.4, -0.2) is 0 Å². The molecule has 0 atom stereocenters. The van der Waals surface area contributed by atoms with Crippen LogP contribution in [0.1, 0.15) is 0 Å². The second-order valence-electron chi connectivity index (χ2n) is 3.63. The first-order valence-electron chi connectivity index (χ1n) is 4.85. The van der Waals surface area contributed by atoms with Crippen LogP contribution in [0.15, 0.2) is 45.3 Å². The molecule has 76 valence electrons. The van der Waals surface area contributed by atoms with Crippen LogP contribution < -0.4 is 0 Å². The molecule has 0 aromatic heterocycles. The number of hydrogen-bond acceptors (Lipinski definition) is 0. The maximum Gasteiger partial charge on any atom is 0.0181 e. The molecule has 2 heteroatoms. The molecular formula is C14H6Br2. The van der Waals surface area contributed by atoms with E-state index in [1.165, 1.54) is 10.8 Å². The molecule has 0 aliphatic heterocycles. The molecule has 0 amide bonds. The third-order valence-electron chi connectivity index (χ3n) is 2.59. The van der Waals surface area contributed by atoms with Gasteiger partial charge in [0, 0.05) is 8.95 Å². The Kier molecular flexibility index (Phi) is 2.49. The van der Waals surface area contributed by atoms with E-state index in [4.69, 9.17) is 0 Å². The number of rotatable bonds is 0. The van der Waals surface area contributed by atoms with Gasteiger partial charge in [-0.3, -0.25) is 0 Å². The largest absolute Gasteiger partial charge is 0.0526 e. The van der Waals surface area contributed by atoms with Gasteiger partial charge in [-0.15, -0.1) is 0 Å². The monoisotopic (exact) mass is 332 g/mol. The summed E-state index contributed by atoms with van der Waals surface area (Å²) in [6, 6.07) is 18.8. The number of hydrogen-bond donors (Lipinski definition) is 0. The summed E-state index contributed by atoms with van der Waals surface area (Å²) in [5, 5.41) is 4.60. The molecule has 0 fully saturated rings. The van der Waals surface area contributed by atoms with E-state index in [2.05, 4.69) is 80.4 Å². The fourth-order valence-corrected chi connectivity index (χ4v) is 2.57. The SMILES string of the molecule is Brc1ccc2c([c][c]c3cc(Br)ccc32)c1. The van der Waals surface area contributed by atoms with Crippen LogP contribution in [0.25, 0.3) is 21.5 Å². The predicted molar refractivity (Wildman–Crippen MR) is 74.5 cm³/mol. The summed E-state index contributed by atoms with van der Waals surface area (Å²) >= 11 is 6.93. The first kappa shape index (κ1) is 10.3. The molecule has 0 saturated heterocycles. The molecule has 0 spiro atoms. The Morgan fingerprint density at radius 3 is 1.56 bits per heavy atom. The molecule has 0 aliphatic rings. The fraction of sp³-hybridized carbons (Fsp3) is 0. The lowest BCUT2D eigenvalue weighted by molar-refractivity contribution is 1.69. The molecule has 0 N–H and O–H groups in total. The summed E-state index contributed by atoms with van der Waals surface area (Å²) in [6.45, 7) is 0. The van der Waals surface area contributed by atoms with Gasteiger partial charge in [0.05, 0.1) is 0 Å². The van der Waals surface area contributed by atoms with Crippen molar-refractivity contribution in [3.8, 4) is 0 Å². The van der Waals surface area contributed by atoms with Crippen molar-refractivity contribution in [3.05, 3.63) is 57.5 Å². The van der Waals surface area contributed by atoms with E-state index in [-0.39, 0.29) is 0 Å². The molecule has 0 bridgehead atoms. The third-order valence-corrected chi connectivity index (χ3v) is 3.57. The van der Waals surface area contributed by atoms with Crippen molar-refractivity contribution < 1.29 is 0 Å². The lowest BCUT2D eigenvalue weighted by Crippen LogP contribution is -1.79. The number of fused-ring (bicyclic) bond motifs is 3. The highest BCUT2D eigenvalue weighted by Gasteiger charge is 2.01. The Bertz CT molecular complexity index is 626. The smallest absolute Gasteiger partial charge is 0.0181 e. The highest BCUT2D eigenvalue weighted by Crippen LogP contribution is 2.28. The van der Waals surface area contributed by atoms with Crippen molar-refractivity contribution in [2.45, 2.75) is 0 Å². The summed E-state index contributed by atoms with van der Waals surface area (Å²) in [6.07, 6.45) is 0. The van der Waals surface area contributed by atoms with Gasteiger partial charge in [-0.2, -0.15) is 0 Å². The second kappa shape index (κ2) is 3.86. The maximum absolute atomic E-state index is 3.47. The van der Waals surface area contributed by atoms with Gasteiger partial charge in [-0.1, -0.05) is 44.0 Å². The van der Waals surface area contributed by atoms with Crippen molar-refractivity contribution in [2.24, 2.45) is 0 Å². The molecule has 0 heterocycles. The zero-order chi connectivity index (χ0) is 11.1. The molecule has 16 heavy (non-hydrogen) atoms. The quantitative estimate of drug-likeness (QED) is 0.501. The van der Waals surface area contributed by atoms with Gasteiger partial charge in [0.1, 0.15) is 0 Å². The van der Waals surface area contributed by atoms with Gasteiger partial charge in [0.2, 0.25) is 0 Å². The van der Waals surface area contributed by atoms with Crippen molar-refractivity contribution in [1.29, 1.82) is 0 Å². The topological polar surface area (TPSA) is 0 Å². The van der Waals surface area contributed by atoms with Crippen LogP contribution in [0.3, 0.4) is 0 Å². The van der Waals surface area contributed by atoms with Gasteiger partial charge in [0.15, 0.2) is 0 Å². The maximum atomic E-state index is 3.47. The van der Waals surface area contributed by atoms with Crippen LogP contribution >= 0.6 is 31.9 Å².